The molecule has 1 amide bonds. The number of amides is 1. The van der Waals surface area contributed by atoms with Gasteiger partial charge in [0.1, 0.15) is 5.82 Å². The SMILES string of the molecule is Cn1cc(-c2ccc(Cn3cc(C(=O)N[C@H]4CCCC[C@@H]4O)c4ncccc4c3=O)c(F)c2)cn1. The quantitative estimate of drug-likeness (QED) is 0.462. The first-order chi connectivity index (χ1) is 16.9. The van der Waals surface area contributed by atoms with Crippen LogP contribution in [0.15, 0.2) is 59.9 Å². The lowest BCUT2D eigenvalue weighted by Crippen LogP contribution is -2.45. The topological polar surface area (TPSA) is 102 Å². The number of halogens is 1. The number of rotatable bonds is 5. The summed E-state index contributed by atoms with van der Waals surface area (Å²) in [4.78, 5) is 30.6. The number of hydrogen-bond donors (Lipinski definition) is 2. The number of fused-ring (bicyclic) bond motifs is 1. The van der Waals surface area contributed by atoms with Gasteiger partial charge in [0.25, 0.3) is 11.5 Å². The van der Waals surface area contributed by atoms with Crippen LogP contribution in [0.1, 0.15) is 41.6 Å². The predicted octanol–water partition coefficient (Wildman–Crippen LogP) is 3.02. The summed E-state index contributed by atoms with van der Waals surface area (Å²) in [6.07, 6.45) is 8.97. The van der Waals surface area contributed by atoms with Crippen molar-refractivity contribution in [3.8, 4) is 11.1 Å². The highest BCUT2D eigenvalue weighted by Gasteiger charge is 2.26. The molecule has 4 aromatic rings. The Kier molecular flexibility index (Phi) is 6.17. The molecule has 2 N–H and O–H groups in total. The second kappa shape index (κ2) is 9.42. The zero-order valence-corrected chi connectivity index (χ0v) is 19.3. The second-order valence-corrected chi connectivity index (χ2v) is 9.02. The lowest BCUT2D eigenvalue weighted by molar-refractivity contribution is 0.0718. The molecule has 0 radical (unpaired) electrons. The van der Waals surface area contributed by atoms with Crippen LogP contribution in [-0.4, -0.2) is 42.5 Å². The number of carbonyl (C=O) groups is 1. The lowest BCUT2D eigenvalue weighted by Gasteiger charge is -2.28. The maximum absolute atomic E-state index is 15.0. The summed E-state index contributed by atoms with van der Waals surface area (Å²) in [5.41, 5.74) is 1.92. The number of pyridine rings is 2. The van der Waals surface area contributed by atoms with Crippen LogP contribution in [0, 0.1) is 5.82 Å². The van der Waals surface area contributed by atoms with Gasteiger partial charge in [0.05, 0.1) is 41.4 Å². The Morgan fingerprint density at radius 3 is 2.77 bits per heavy atom. The van der Waals surface area contributed by atoms with Gasteiger partial charge in [-0.3, -0.25) is 19.3 Å². The molecule has 0 saturated heterocycles. The first-order valence-corrected chi connectivity index (χ1v) is 11.7. The number of hydrogen-bond acceptors (Lipinski definition) is 5. The summed E-state index contributed by atoms with van der Waals surface area (Å²) in [6.45, 7) is -0.0465. The summed E-state index contributed by atoms with van der Waals surface area (Å²) < 4.78 is 18.0. The Morgan fingerprint density at radius 1 is 1.20 bits per heavy atom. The van der Waals surface area contributed by atoms with Crippen molar-refractivity contribution in [1.82, 2.24) is 24.6 Å². The van der Waals surface area contributed by atoms with Crippen molar-refractivity contribution in [2.45, 2.75) is 44.4 Å². The molecule has 1 saturated carbocycles. The Hall–Kier alpha value is -3.85. The zero-order chi connectivity index (χ0) is 24.5. The van der Waals surface area contributed by atoms with E-state index in [-0.39, 0.29) is 34.6 Å². The van der Waals surface area contributed by atoms with Crippen LogP contribution in [-0.2, 0) is 13.6 Å². The zero-order valence-electron chi connectivity index (χ0n) is 19.3. The monoisotopic (exact) mass is 475 g/mol. The summed E-state index contributed by atoms with van der Waals surface area (Å²) in [5.74, 6) is -0.873. The minimum absolute atomic E-state index is 0.0465. The van der Waals surface area contributed by atoms with Crippen LogP contribution in [0.4, 0.5) is 4.39 Å². The van der Waals surface area contributed by atoms with E-state index in [1.165, 1.54) is 23.0 Å². The molecule has 5 rings (SSSR count). The van der Waals surface area contributed by atoms with Gasteiger partial charge in [-0.2, -0.15) is 5.10 Å². The molecule has 0 unspecified atom stereocenters. The number of benzene rings is 1. The molecule has 1 fully saturated rings. The van der Waals surface area contributed by atoms with E-state index in [1.54, 1.807) is 48.4 Å². The van der Waals surface area contributed by atoms with Crippen LogP contribution in [0.3, 0.4) is 0 Å². The number of aliphatic hydroxyl groups is 1. The highest BCUT2D eigenvalue weighted by atomic mass is 19.1. The van der Waals surface area contributed by atoms with Crippen molar-refractivity contribution in [2.75, 3.05) is 0 Å². The molecule has 3 aromatic heterocycles. The smallest absolute Gasteiger partial charge is 0.260 e. The molecule has 8 nitrogen and oxygen atoms in total. The Morgan fingerprint density at radius 2 is 2.03 bits per heavy atom. The molecule has 1 aliphatic carbocycles. The largest absolute Gasteiger partial charge is 0.391 e. The van der Waals surface area contributed by atoms with Crippen LogP contribution < -0.4 is 10.9 Å². The second-order valence-electron chi connectivity index (χ2n) is 9.02. The van der Waals surface area contributed by atoms with E-state index in [1.807, 2.05) is 0 Å². The highest BCUT2D eigenvalue weighted by Crippen LogP contribution is 2.23. The van der Waals surface area contributed by atoms with Gasteiger partial charge in [0, 0.05) is 36.8 Å². The molecule has 0 aliphatic heterocycles. The van der Waals surface area contributed by atoms with Crippen LogP contribution in [0.25, 0.3) is 22.0 Å². The number of aromatic nitrogens is 4. The molecular weight excluding hydrogens is 449 g/mol. The van der Waals surface area contributed by atoms with Crippen molar-refractivity contribution in [3.05, 3.63) is 82.4 Å². The molecule has 1 aromatic carbocycles. The third kappa shape index (κ3) is 4.59. The Balaban J connectivity index is 1.49. The standard InChI is InChI=1S/C26H26FN5O3/c1-31-13-18(12-29-31)16-8-9-17(21(27)11-16)14-32-15-20(24-19(26(32)35)5-4-10-28-24)25(34)30-22-6-2-3-7-23(22)33/h4-5,8-13,15,22-23,33H,2-3,6-7,14H2,1H3,(H,30,34)/t22-,23-/m0/s1. The van der Waals surface area contributed by atoms with Crippen LogP contribution >= 0.6 is 0 Å². The van der Waals surface area contributed by atoms with Crippen molar-refractivity contribution >= 4 is 16.8 Å². The highest BCUT2D eigenvalue weighted by molar-refractivity contribution is 6.05. The fourth-order valence-electron chi connectivity index (χ4n) is 4.64. The molecule has 0 spiro atoms. The molecule has 35 heavy (non-hydrogen) atoms. The van der Waals surface area contributed by atoms with Gasteiger partial charge >= 0.3 is 0 Å². The van der Waals surface area contributed by atoms with Crippen molar-refractivity contribution in [2.24, 2.45) is 7.05 Å². The van der Waals surface area contributed by atoms with Gasteiger partial charge in [-0.1, -0.05) is 25.0 Å². The number of nitrogens with one attached hydrogen (secondary N) is 1. The first-order valence-electron chi connectivity index (χ1n) is 11.7. The van der Waals surface area contributed by atoms with Crippen LogP contribution in [0.5, 0.6) is 0 Å². The van der Waals surface area contributed by atoms with Gasteiger partial charge < -0.3 is 15.0 Å². The molecule has 3 heterocycles. The maximum atomic E-state index is 15.0. The van der Waals surface area contributed by atoms with Crippen molar-refractivity contribution < 1.29 is 14.3 Å². The maximum Gasteiger partial charge on any atom is 0.260 e. The average molecular weight is 476 g/mol. The molecule has 2 atom stereocenters. The molecule has 9 heteroatoms. The average Bonchev–Trinajstić information content (AvgIpc) is 3.29. The van der Waals surface area contributed by atoms with Gasteiger partial charge in [0.15, 0.2) is 0 Å². The van der Waals surface area contributed by atoms with E-state index < -0.39 is 17.8 Å². The molecule has 180 valence electrons. The molecule has 0 bridgehead atoms. The Bertz CT molecular complexity index is 1460. The van der Waals surface area contributed by atoms with E-state index in [4.69, 9.17) is 0 Å². The van der Waals surface area contributed by atoms with E-state index >= 15 is 4.39 Å². The van der Waals surface area contributed by atoms with Gasteiger partial charge in [-0.05, 0) is 36.6 Å². The minimum Gasteiger partial charge on any atom is -0.391 e. The first kappa shape index (κ1) is 22.9. The summed E-state index contributed by atoms with van der Waals surface area (Å²) in [5, 5.41) is 17.6. The summed E-state index contributed by atoms with van der Waals surface area (Å²) in [6, 6.07) is 7.71. The number of aliphatic hydroxyl groups excluding tert-OH is 1. The lowest BCUT2D eigenvalue weighted by atomic mass is 9.92. The number of aryl methyl sites for hydroxylation is 1. The van der Waals surface area contributed by atoms with Gasteiger partial charge in [-0.15, -0.1) is 0 Å². The predicted molar refractivity (Wildman–Crippen MR) is 129 cm³/mol. The Labute approximate surface area is 201 Å². The third-order valence-corrected chi connectivity index (χ3v) is 6.56. The van der Waals surface area contributed by atoms with Gasteiger partial charge in [-0.25, -0.2) is 4.39 Å². The summed E-state index contributed by atoms with van der Waals surface area (Å²) in [7, 11) is 1.79. The minimum atomic E-state index is -0.606. The third-order valence-electron chi connectivity index (χ3n) is 6.56. The van der Waals surface area contributed by atoms with Gasteiger partial charge in [0.2, 0.25) is 0 Å². The summed E-state index contributed by atoms with van der Waals surface area (Å²) >= 11 is 0. The normalized spacial score (nSPS) is 18.0. The van der Waals surface area contributed by atoms with E-state index in [0.29, 0.717) is 24.0 Å². The fourth-order valence-corrected chi connectivity index (χ4v) is 4.64. The van der Waals surface area contributed by atoms with Crippen LogP contribution in [0.2, 0.25) is 0 Å². The van der Waals surface area contributed by atoms with Crippen molar-refractivity contribution in [3.63, 3.8) is 0 Å². The number of carbonyl (C=O) groups excluding carboxylic acids is 1. The van der Waals surface area contributed by atoms with E-state index in [0.717, 1.165) is 18.4 Å². The number of nitrogens with zero attached hydrogens (tertiary/aromatic N) is 4. The van der Waals surface area contributed by atoms with E-state index in [2.05, 4.69) is 15.4 Å². The van der Waals surface area contributed by atoms with E-state index in [9.17, 15) is 14.7 Å². The molecule has 1 aliphatic rings. The fraction of sp³-hybridized carbons (Fsp3) is 0.308. The molecular formula is C26H26FN5O3. The van der Waals surface area contributed by atoms with Crippen molar-refractivity contribution in [1.29, 1.82) is 0 Å².